The molecule has 0 saturated heterocycles. The zero-order chi connectivity index (χ0) is 14.0. The summed E-state index contributed by atoms with van der Waals surface area (Å²) in [7, 11) is 1.61. The molecule has 2 rings (SSSR count). The van der Waals surface area contributed by atoms with Gasteiger partial charge in [0.25, 0.3) is 0 Å². The Morgan fingerprint density at radius 2 is 1.95 bits per heavy atom. The number of hydrogen-bond donors (Lipinski definition) is 0. The molecule has 1 aromatic carbocycles. The van der Waals surface area contributed by atoms with Gasteiger partial charge in [-0.25, -0.2) is 4.79 Å². The van der Waals surface area contributed by atoms with Crippen LogP contribution in [0, 0.1) is 5.41 Å². The SMILES string of the molecule is COc1cc2oc(=O)ccc2cc1/C=C/C(C)(C)C. The molecule has 0 atom stereocenters. The molecule has 0 saturated carbocycles. The fourth-order valence-electron chi connectivity index (χ4n) is 1.76. The fraction of sp³-hybridized carbons (Fsp3) is 0.312. The summed E-state index contributed by atoms with van der Waals surface area (Å²) in [5.41, 5.74) is 1.26. The minimum Gasteiger partial charge on any atom is -0.496 e. The lowest BCUT2D eigenvalue weighted by atomic mass is 9.95. The predicted octanol–water partition coefficient (Wildman–Crippen LogP) is 3.86. The summed E-state index contributed by atoms with van der Waals surface area (Å²) in [6, 6.07) is 6.89. The van der Waals surface area contributed by atoms with Crippen LogP contribution in [0.25, 0.3) is 17.0 Å². The number of allylic oxidation sites excluding steroid dienone is 1. The standard InChI is InChI=1S/C16H18O3/c1-16(2,3)8-7-12-9-11-5-6-15(17)19-14(11)10-13(12)18-4/h5-10H,1-4H3/b8-7+. The maximum absolute atomic E-state index is 11.2. The van der Waals surface area contributed by atoms with E-state index in [1.165, 1.54) is 6.07 Å². The van der Waals surface area contributed by atoms with Crippen LogP contribution in [0.4, 0.5) is 0 Å². The minimum absolute atomic E-state index is 0.100. The van der Waals surface area contributed by atoms with Crippen LogP contribution in [-0.2, 0) is 0 Å². The maximum Gasteiger partial charge on any atom is 0.336 e. The third-order valence-corrected chi connectivity index (χ3v) is 2.73. The van der Waals surface area contributed by atoms with Crippen molar-refractivity contribution in [1.82, 2.24) is 0 Å². The molecule has 3 nitrogen and oxygen atoms in total. The van der Waals surface area contributed by atoms with Crippen LogP contribution in [0.3, 0.4) is 0 Å². The molecule has 0 N–H and O–H groups in total. The number of rotatable bonds is 2. The van der Waals surface area contributed by atoms with Crippen molar-refractivity contribution >= 4 is 17.0 Å². The Morgan fingerprint density at radius 3 is 2.58 bits per heavy atom. The Hall–Kier alpha value is -2.03. The normalized spacial score (nSPS) is 12.2. The average Bonchev–Trinajstić information content (AvgIpc) is 2.34. The lowest BCUT2D eigenvalue weighted by Crippen LogP contribution is -1.99. The third kappa shape index (κ3) is 3.25. The van der Waals surface area contributed by atoms with Crippen molar-refractivity contribution in [2.24, 2.45) is 5.41 Å². The minimum atomic E-state index is -0.354. The summed E-state index contributed by atoms with van der Waals surface area (Å²) in [6.07, 6.45) is 4.15. The molecule has 0 aliphatic rings. The second-order valence-electron chi connectivity index (χ2n) is 5.59. The van der Waals surface area contributed by atoms with Gasteiger partial charge >= 0.3 is 5.63 Å². The Labute approximate surface area is 112 Å². The van der Waals surface area contributed by atoms with Crippen molar-refractivity contribution in [2.75, 3.05) is 7.11 Å². The topological polar surface area (TPSA) is 39.4 Å². The van der Waals surface area contributed by atoms with Gasteiger partial charge in [0.2, 0.25) is 0 Å². The van der Waals surface area contributed by atoms with E-state index in [9.17, 15) is 4.79 Å². The Balaban J connectivity index is 2.57. The molecule has 0 fully saturated rings. The number of benzene rings is 1. The number of hydrogen-bond acceptors (Lipinski definition) is 3. The van der Waals surface area contributed by atoms with Crippen molar-refractivity contribution in [1.29, 1.82) is 0 Å². The molecule has 19 heavy (non-hydrogen) atoms. The number of methoxy groups -OCH3 is 1. The molecule has 100 valence electrons. The first kappa shape index (κ1) is 13.4. The van der Waals surface area contributed by atoms with Gasteiger partial charge in [0, 0.05) is 23.1 Å². The van der Waals surface area contributed by atoms with Crippen molar-refractivity contribution in [2.45, 2.75) is 20.8 Å². The highest BCUT2D eigenvalue weighted by molar-refractivity contribution is 5.82. The lowest BCUT2D eigenvalue weighted by Gasteiger charge is -2.12. The van der Waals surface area contributed by atoms with Crippen LogP contribution < -0.4 is 10.4 Å². The van der Waals surface area contributed by atoms with Gasteiger partial charge in [-0.15, -0.1) is 0 Å². The lowest BCUT2D eigenvalue weighted by molar-refractivity contribution is 0.413. The molecule has 3 heteroatoms. The van der Waals surface area contributed by atoms with E-state index in [0.717, 1.165) is 10.9 Å². The van der Waals surface area contributed by atoms with Crippen LogP contribution in [0.5, 0.6) is 5.75 Å². The summed E-state index contributed by atoms with van der Waals surface area (Å²) in [4.78, 5) is 11.2. The second kappa shape index (κ2) is 4.92. The largest absolute Gasteiger partial charge is 0.496 e. The van der Waals surface area contributed by atoms with Crippen LogP contribution in [0.1, 0.15) is 26.3 Å². The fourth-order valence-corrected chi connectivity index (χ4v) is 1.76. The molecule has 0 aliphatic carbocycles. The highest BCUT2D eigenvalue weighted by Crippen LogP contribution is 2.28. The van der Waals surface area contributed by atoms with Gasteiger partial charge in [0.05, 0.1) is 7.11 Å². The van der Waals surface area contributed by atoms with Crippen molar-refractivity contribution in [3.05, 3.63) is 46.3 Å². The van der Waals surface area contributed by atoms with Crippen LogP contribution >= 0.6 is 0 Å². The van der Waals surface area contributed by atoms with E-state index in [1.807, 2.05) is 12.1 Å². The predicted molar refractivity (Wildman–Crippen MR) is 77.5 cm³/mol. The Kier molecular flexibility index (Phi) is 3.47. The van der Waals surface area contributed by atoms with Crippen LogP contribution in [0.15, 0.2) is 39.6 Å². The van der Waals surface area contributed by atoms with Gasteiger partial charge in [0.15, 0.2) is 0 Å². The molecule has 1 heterocycles. The summed E-state index contributed by atoms with van der Waals surface area (Å²) >= 11 is 0. The van der Waals surface area contributed by atoms with E-state index in [0.29, 0.717) is 11.3 Å². The number of ether oxygens (including phenoxy) is 1. The van der Waals surface area contributed by atoms with Gasteiger partial charge in [-0.05, 0) is 17.5 Å². The van der Waals surface area contributed by atoms with Crippen LogP contribution in [-0.4, -0.2) is 7.11 Å². The molecule has 0 unspecified atom stereocenters. The molecule has 0 amide bonds. The maximum atomic E-state index is 11.2. The molecule has 2 aromatic rings. The van der Waals surface area contributed by atoms with E-state index in [4.69, 9.17) is 9.15 Å². The number of fused-ring (bicyclic) bond motifs is 1. The smallest absolute Gasteiger partial charge is 0.336 e. The summed E-state index contributed by atoms with van der Waals surface area (Å²) in [6.45, 7) is 6.40. The molecule has 1 aromatic heterocycles. The van der Waals surface area contributed by atoms with E-state index in [-0.39, 0.29) is 11.0 Å². The summed E-state index contributed by atoms with van der Waals surface area (Å²) in [5.74, 6) is 0.697. The molecule has 0 spiro atoms. The highest BCUT2D eigenvalue weighted by atomic mass is 16.5. The molecule has 0 aliphatic heterocycles. The van der Waals surface area contributed by atoms with E-state index in [2.05, 4.69) is 26.8 Å². The summed E-state index contributed by atoms with van der Waals surface area (Å²) in [5, 5.41) is 0.883. The van der Waals surface area contributed by atoms with Gasteiger partial charge in [0.1, 0.15) is 11.3 Å². The third-order valence-electron chi connectivity index (χ3n) is 2.73. The van der Waals surface area contributed by atoms with Crippen molar-refractivity contribution < 1.29 is 9.15 Å². The second-order valence-corrected chi connectivity index (χ2v) is 5.59. The molecular formula is C16H18O3. The van der Waals surface area contributed by atoms with Crippen molar-refractivity contribution in [3.63, 3.8) is 0 Å². The molecule has 0 bridgehead atoms. The molecular weight excluding hydrogens is 240 g/mol. The van der Waals surface area contributed by atoms with Gasteiger partial charge < -0.3 is 9.15 Å². The first-order chi connectivity index (χ1) is 8.89. The highest BCUT2D eigenvalue weighted by Gasteiger charge is 2.08. The van der Waals surface area contributed by atoms with E-state index < -0.39 is 0 Å². The average molecular weight is 258 g/mol. The zero-order valence-electron chi connectivity index (χ0n) is 11.7. The van der Waals surface area contributed by atoms with E-state index >= 15 is 0 Å². The van der Waals surface area contributed by atoms with E-state index in [1.54, 1.807) is 19.2 Å². The van der Waals surface area contributed by atoms with Gasteiger partial charge in [-0.3, -0.25) is 0 Å². The van der Waals surface area contributed by atoms with Crippen LogP contribution in [0.2, 0.25) is 0 Å². The quantitative estimate of drug-likeness (QED) is 0.768. The molecule has 0 radical (unpaired) electrons. The van der Waals surface area contributed by atoms with Gasteiger partial charge in [-0.1, -0.05) is 32.9 Å². The van der Waals surface area contributed by atoms with Gasteiger partial charge in [-0.2, -0.15) is 0 Å². The first-order valence-electron chi connectivity index (χ1n) is 6.20. The summed E-state index contributed by atoms with van der Waals surface area (Å²) < 4.78 is 10.5. The Bertz CT molecular complexity index is 672. The monoisotopic (exact) mass is 258 g/mol. The first-order valence-corrected chi connectivity index (χ1v) is 6.20. The zero-order valence-corrected chi connectivity index (χ0v) is 11.7. The Morgan fingerprint density at radius 1 is 1.21 bits per heavy atom. The van der Waals surface area contributed by atoms with Crippen molar-refractivity contribution in [3.8, 4) is 5.75 Å².